The lowest BCUT2D eigenvalue weighted by molar-refractivity contribution is 0.0658. The summed E-state index contributed by atoms with van der Waals surface area (Å²) < 4.78 is 5.72. The molecule has 5 nitrogen and oxygen atoms in total. The Hall–Kier alpha value is -1.36. The molecule has 1 aliphatic carbocycles. The number of aromatic nitrogens is 2. The maximum absolute atomic E-state index is 5.72. The van der Waals surface area contributed by atoms with Crippen molar-refractivity contribution in [1.29, 1.82) is 0 Å². The van der Waals surface area contributed by atoms with E-state index in [-0.39, 0.29) is 0 Å². The van der Waals surface area contributed by atoms with E-state index in [0.717, 1.165) is 12.4 Å². The molecule has 5 heteroatoms. The average Bonchev–Trinajstić information content (AvgIpc) is 2.77. The van der Waals surface area contributed by atoms with Crippen LogP contribution in [0.5, 0.6) is 0 Å². The number of nitrogens with two attached hydrogens (primary N) is 1. The van der Waals surface area contributed by atoms with Gasteiger partial charge in [0.2, 0.25) is 0 Å². The fourth-order valence-electron chi connectivity index (χ4n) is 1.93. The van der Waals surface area contributed by atoms with Crippen LogP contribution in [-0.2, 0) is 4.74 Å². The van der Waals surface area contributed by atoms with E-state index in [1.807, 2.05) is 0 Å². The average molecular weight is 222 g/mol. The molecule has 1 aliphatic rings. The molecule has 3 N–H and O–H groups in total. The first kappa shape index (κ1) is 11.1. The molecule has 0 radical (unpaired) electrons. The molecule has 0 amide bonds. The second kappa shape index (κ2) is 5.65. The molecule has 0 atom stereocenters. The third-order valence-corrected chi connectivity index (χ3v) is 2.75. The van der Waals surface area contributed by atoms with Crippen LogP contribution in [0.15, 0.2) is 12.4 Å². The second-order valence-corrected chi connectivity index (χ2v) is 4.03. The zero-order valence-corrected chi connectivity index (χ0v) is 9.35. The zero-order valence-electron chi connectivity index (χ0n) is 9.35. The van der Waals surface area contributed by atoms with Gasteiger partial charge >= 0.3 is 0 Å². The van der Waals surface area contributed by atoms with E-state index < -0.39 is 0 Å². The van der Waals surface area contributed by atoms with Crippen LogP contribution in [0, 0.1) is 0 Å². The SMILES string of the molecule is Nc1cc(NCCOC2CCCC2)ncn1. The number of nitrogen functional groups attached to an aromatic ring is 1. The summed E-state index contributed by atoms with van der Waals surface area (Å²) in [6.45, 7) is 1.47. The molecular weight excluding hydrogens is 204 g/mol. The van der Waals surface area contributed by atoms with Crippen LogP contribution in [0.3, 0.4) is 0 Å². The Bertz CT molecular complexity index is 326. The number of ether oxygens (including phenoxy) is 1. The van der Waals surface area contributed by atoms with E-state index in [2.05, 4.69) is 15.3 Å². The summed E-state index contributed by atoms with van der Waals surface area (Å²) in [7, 11) is 0. The minimum absolute atomic E-state index is 0.470. The van der Waals surface area contributed by atoms with Gasteiger partial charge in [-0.25, -0.2) is 9.97 Å². The van der Waals surface area contributed by atoms with Crippen molar-refractivity contribution in [3.63, 3.8) is 0 Å². The predicted molar refractivity (Wildman–Crippen MR) is 63.1 cm³/mol. The Morgan fingerprint density at radius 1 is 1.38 bits per heavy atom. The number of hydrogen-bond donors (Lipinski definition) is 2. The molecular formula is C11H18N4O. The van der Waals surface area contributed by atoms with Gasteiger partial charge in [0.15, 0.2) is 0 Å². The lowest BCUT2D eigenvalue weighted by atomic mass is 10.3. The Morgan fingerprint density at radius 2 is 2.19 bits per heavy atom. The van der Waals surface area contributed by atoms with Gasteiger partial charge in [0.25, 0.3) is 0 Å². The minimum atomic E-state index is 0.470. The summed E-state index contributed by atoms with van der Waals surface area (Å²) in [5, 5.41) is 3.15. The van der Waals surface area contributed by atoms with Crippen molar-refractivity contribution in [2.75, 3.05) is 24.2 Å². The number of anilines is 2. The van der Waals surface area contributed by atoms with E-state index in [1.165, 1.54) is 32.0 Å². The van der Waals surface area contributed by atoms with Crippen LogP contribution in [-0.4, -0.2) is 29.2 Å². The smallest absolute Gasteiger partial charge is 0.131 e. The van der Waals surface area contributed by atoms with Crippen LogP contribution in [0.4, 0.5) is 11.6 Å². The molecule has 0 aromatic carbocycles. The summed E-state index contributed by atoms with van der Waals surface area (Å²) in [6.07, 6.45) is 6.95. The van der Waals surface area contributed by atoms with Crippen LogP contribution in [0.2, 0.25) is 0 Å². The first-order chi connectivity index (χ1) is 7.84. The van der Waals surface area contributed by atoms with Crippen molar-refractivity contribution in [2.45, 2.75) is 31.8 Å². The van der Waals surface area contributed by atoms with Gasteiger partial charge in [-0.3, -0.25) is 0 Å². The molecule has 1 fully saturated rings. The van der Waals surface area contributed by atoms with Gasteiger partial charge in [-0.05, 0) is 12.8 Å². The molecule has 1 heterocycles. The topological polar surface area (TPSA) is 73.1 Å². The summed E-state index contributed by atoms with van der Waals surface area (Å²) in [5.74, 6) is 1.23. The highest BCUT2D eigenvalue weighted by atomic mass is 16.5. The van der Waals surface area contributed by atoms with Gasteiger partial charge in [0.05, 0.1) is 12.7 Å². The van der Waals surface area contributed by atoms with E-state index in [9.17, 15) is 0 Å². The van der Waals surface area contributed by atoms with E-state index >= 15 is 0 Å². The highest BCUT2D eigenvalue weighted by molar-refractivity contribution is 5.43. The third kappa shape index (κ3) is 3.34. The maximum atomic E-state index is 5.72. The third-order valence-electron chi connectivity index (χ3n) is 2.75. The minimum Gasteiger partial charge on any atom is -0.384 e. The Morgan fingerprint density at radius 3 is 2.94 bits per heavy atom. The van der Waals surface area contributed by atoms with Crippen molar-refractivity contribution >= 4 is 11.6 Å². The van der Waals surface area contributed by atoms with Crippen LogP contribution < -0.4 is 11.1 Å². The number of nitrogens with zero attached hydrogens (tertiary/aromatic N) is 2. The predicted octanol–water partition coefficient (Wildman–Crippen LogP) is 1.43. The monoisotopic (exact) mass is 222 g/mol. The standard InChI is InChI=1S/C11H18N4O/c12-10-7-11(15-8-14-10)13-5-6-16-9-3-1-2-4-9/h7-9H,1-6H2,(H3,12,13,14,15). The summed E-state index contributed by atoms with van der Waals surface area (Å²) in [5.41, 5.74) is 5.54. The van der Waals surface area contributed by atoms with Gasteiger partial charge in [-0.2, -0.15) is 0 Å². The second-order valence-electron chi connectivity index (χ2n) is 4.03. The van der Waals surface area contributed by atoms with Gasteiger partial charge < -0.3 is 15.8 Å². The van der Waals surface area contributed by atoms with Gasteiger partial charge in [0.1, 0.15) is 18.0 Å². The van der Waals surface area contributed by atoms with Crippen molar-refractivity contribution in [1.82, 2.24) is 9.97 Å². The molecule has 88 valence electrons. The molecule has 0 aliphatic heterocycles. The van der Waals surface area contributed by atoms with Gasteiger partial charge in [0, 0.05) is 12.6 Å². The zero-order chi connectivity index (χ0) is 11.2. The van der Waals surface area contributed by atoms with Crippen molar-refractivity contribution in [3.8, 4) is 0 Å². The van der Waals surface area contributed by atoms with E-state index in [1.54, 1.807) is 6.07 Å². The molecule has 0 spiro atoms. The quantitative estimate of drug-likeness (QED) is 0.737. The lowest BCUT2D eigenvalue weighted by Gasteiger charge is -2.11. The van der Waals surface area contributed by atoms with E-state index in [0.29, 0.717) is 18.5 Å². The summed E-state index contributed by atoms with van der Waals surface area (Å²) >= 11 is 0. The Balaban J connectivity index is 1.64. The fourth-order valence-corrected chi connectivity index (χ4v) is 1.93. The maximum Gasteiger partial charge on any atom is 0.131 e. The first-order valence-electron chi connectivity index (χ1n) is 5.77. The summed E-state index contributed by atoms with van der Waals surface area (Å²) in [4.78, 5) is 7.88. The van der Waals surface area contributed by atoms with Gasteiger partial charge in [-0.15, -0.1) is 0 Å². The highest BCUT2D eigenvalue weighted by Gasteiger charge is 2.14. The molecule has 0 bridgehead atoms. The molecule has 1 aromatic rings. The normalized spacial score (nSPS) is 16.5. The molecule has 0 saturated heterocycles. The van der Waals surface area contributed by atoms with Gasteiger partial charge in [-0.1, -0.05) is 12.8 Å². The largest absolute Gasteiger partial charge is 0.384 e. The number of nitrogens with one attached hydrogen (secondary N) is 1. The van der Waals surface area contributed by atoms with Crippen molar-refractivity contribution in [3.05, 3.63) is 12.4 Å². The first-order valence-corrected chi connectivity index (χ1v) is 5.77. The fraction of sp³-hybridized carbons (Fsp3) is 0.636. The van der Waals surface area contributed by atoms with Crippen molar-refractivity contribution in [2.24, 2.45) is 0 Å². The molecule has 1 aromatic heterocycles. The summed E-state index contributed by atoms with van der Waals surface area (Å²) in [6, 6.07) is 1.72. The van der Waals surface area contributed by atoms with Crippen molar-refractivity contribution < 1.29 is 4.74 Å². The highest BCUT2D eigenvalue weighted by Crippen LogP contribution is 2.20. The molecule has 1 saturated carbocycles. The molecule has 16 heavy (non-hydrogen) atoms. The van der Waals surface area contributed by atoms with E-state index in [4.69, 9.17) is 10.5 Å². The number of rotatable bonds is 5. The van der Waals surface area contributed by atoms with Crippen LogP contribution >= 0.6 is 0 Å². The Kier molecular flexibility index (Phi) is 3.93. The van der Waals surface area contributed by atoms with Crippen LogP contribution in [0.25, 0.3) is 0 Å². The van der Waals surface area contributed by atoms with Crippen LogP contribution in [0.1, 0.15) is 25.7 Å². The molecule has 2 rings (SSSR count). The Labute approximate surface area is 95.4 Å². The number of hydrogen-bond acceptors (Lipinski definition) is 5. The molecule has 0 unspecified atom stereocenters. The lowest BCUT2D eigenvalue weighted by Crippen LogP contribution is -2.16.